The molecule has 1 heterocycles. The zero-order valence-electron chi connectivity index (χ0n) is 13.7. The van der Waals surface area contributed by atoms with Crippen LogP contribution in [0.15, 0.2) is 34.9 Å². The van der Waals surface area contributed by atoms with Crippen molar-refractivity contribution < 1.29 is 23.6 Å². The molecule has 0 atom stereocenters. The van der Waals surface area contributed by atoms with Crippen molar-refractivity contribution in [1.29, 1.82) is 0 Å². The zero-order valence-corrected chi connectivity index (χ0v) is 13.7. The number of aryl methyl sites for hydroxylation is 1. The number of rotatable bonds is 8. The fourth-order valence-corrected chi connectivity index (χ4v) is 2.03. The molecular formula is C17H20N2O5. The maximum absolute atomic E-state index is 12.0. The second kappa shape index (κ2) is 8.71. The van der Waals surface area contributed by atoms with Gasteiger partial charge in [0.05, 0.1) is 18.9 Å². The van der Waals surface area contributed by atoms with Crippen molar-refractivity contribution in [2.45, 2.75) is 26.7 Å². The minimum atomic E-state index is -0.570. The molecule has 0 radical (unpaired) electrons. The number of para-hydroxylation sites is 1. The number of amides is 1. The molecule has 0 spiro atoms. The van der Waals surface area contributed by atoms with E-state index in [0.29, 0.717) is 18.7 Å². The Bertz CT molecular complexity index is 682. The van der Waals surface area contributed by atoms with Crippen LogP contribution in [0.3, 0.4) is 0 Å². The summed E-state index contributed by atoms with van der Waals surface area (Å²) in [5.74, 6) is -0.0828. The van der Waals surface area contributed by atoms with Gasteiger partial charge in [0.2, 0.25) is 11.8 Å². The highest BCUT2D eigenvalue weighted by molar-refractivity contribution is 6.00. The number of anilines is 1. The van der Waals surface area contributed by atoms with E-state index in [1.165, 1.54) is 0 Å². The van der Waals surface area contributed by atoms with E-state index in [9.17, 15) is 9.59 Å². The quantitative estimate of drug-likeness (QED) is 0.590. The lowest BCUT2D eigenvalue weighted by atomic mass is 10.2. The molecule has 2 aromatic rings. The molecule has 0 aliphatic carbocycles. The van der Waals surface area contributed by atoms with Gasteiger partial charge >= 0.3 is 5.97 Å². The van der Waals surface area contributed by atoms with Gasteiger partial charge in [-0.1, -0.05) is 23.4 Å². The van der Waals surface area contributed by atoms with Crippen molar-refractivity contribution in [3.8, 4) is 5.75 Å². The van der Waals surface area contributed by atoms with Crippen LogP contribution in [0.2, 0.25) is 0 Å². The molecule has 2 rings (SSSR count). The van der Waals surface area contributed by atoms with Crippen LogP contribution in [-0.2, 0) is 9.53 Å². The van der Waals surface area contributed by atoms with Crippen LogP contribution in [0, 0.1) is 6.92 Å². The van der Waals surface area contributed by atoms with Crippen LogP contribution in [0.5, 0.6) is 5.75 Å². The first kappa shape index (κ1) is 17.5. The normalized spacial score (nSPS) is 10.2. The van der Waals surface area contributed by atoms with Crippen molar-refractivity contribution in [2.24, 2.45) is 0 Å². The number of benzene rings is 1. The first-order chi connectivity index (χ1) is 11.6. The van der Waals surface area contributed by atoms with E-state index < -0.39 is 5.97 Å². The van der Waals surface area contributed by atoms with Crippen LogP contribution in [0.1, 0.15) is 35.8 Å². The molecule has 0 saturated carbocycles. The molecule has 0 aliphatic heterocycles. The van der Waals surface area contributed by atoms with E-state index in [4.69, 9.17) is 14.0 Å². The molecule has 1 aromatic carbocycles. The van der Waals surface area contributed by atoms with E-state index >= 15 is 0 Å². The highest BCUT2D eigenvalue weighted by atomic mass is 16.5. The smallest absolute Gasteiger partial charge is 0.345 e. The summed E-state index contributed by atoms with van der Waals surface area (Å²) < 4.78 is 15.4. The number of carbonyl (C=O) groups is 2. The van der Waals surface area contributed by atoms with Gasteiger partial charge < -0.3 is 14.0 Å². The van der Waals surface area contributed by atoms with Gasteiger partial charge in [0, 0.05) is 6.42 Å². The van der Waals surface area contributed by atoms with Gasteiger partial charge in [-0.15, -0.1) is 0 Å². The van der Waals surface area contributed by atoms with Gasteiger partial charge in [0.1, 0.15) is 11.3 Å². The molecule has 24 heavy (non-hydrogen) atoms. The van der Waals surface area contributed by atoms with E-state index in [1.807, 2.05) is 30.3 Å². The number of hydrogen-bond donors (Lipinski definition) is 1. The van der Waals surface area contributed by atoms with E-state index in [-0.39, 0.29) is 30.4 Å². The molecule has 7 nitrogen and oxygen atoms in total. The van der Waals surface area contributed by atoms with Gasteiger partial charge in [-0.2, -0.15) is 0 Å². The van der Waals surface area contributed by atoms with Crippen molar-refractivity contribution in [2.75, 3.05) is 18.5 Å². The number of nitrogens with zero attached hydrogens (tertiary/aromatic N) is 1. The SMILES string of the molecule is CCOC(=O)c1c(C)noc1NC(=O)CCCOc1ccccc1. The monoisotopic (exact) mass is 332 g/mol. The fourth-order valence-electron chi connectivity index (χ4n) is 2.03. The van der Waals surface area contributed by atoms with Gasteiger partial charge in [0.25, 0.3) is 0 Å². The molecular weight excluding hydrogens is 312 g/mol. The third kappa shape index (κ3) is 4.84. The molecule has 1 amide bonds. The second-order valence-electron chi connectivity index (χ2n) is 5.01. The minimum Gasteiger partial charge on any atom is -0.494 e. The average Bonchev–Trinajstić information content (AvgIpc) is 2.93. The number of hydrogen-bond acceptors (Lipinski definition) is 6. The number of carbonyl (C=O) groups excluding carboxylic acids is 2. The van der Waals surface area contributed by atoms with Crippen molar-refractivity contribution in [1.82, 2.24) is 5.16 Å². The second-order valence-corrected chi connectivity index (χ2v) is 5.01. The van der Waals surface area contributed by atoms with Gasteiger partial charge in [-0.3, -0.25) is 10.1 Å². The van der Waals surface area contributed by atoms with Crippen LogP contribution >= 0.6 is 0 Å². The summed E-state index contributed by atoms with van der Waals surface area (Å²) in [6.45, 7) is 3.95. The first-order valence-electron chi connectivity index (χ1n) is 7.73. The Morgan fingerprint density at radius 3 is 2.71 bits per heavy atom. The summed E-state index contributed by atoms with van der Waals surface area (Å²) in [5, 5.41) is 6.24. The maximum Gasteiger partial charge on any atom is 0.345 e. The van der Waals surface area contributed by atoms with Crippen molar-refractivity contribution in [3.05, 3.63) is 41.6 Å². The number of ether oxygens (including phenoxy) is 2. The zero-order chi connectivity index (χ0) is 17.4. The van der Waals surface area contributed by atoms with Crippen LogP contribution in [-0.4, -0.2) is 30.2 Å². The molecule has 0 fully saturated rings. The Morgan fingerprint density at radius 2 is 2.00 bits per heavy atom. The Hall–Kier alpha value is -2.83. The number of nitrogens with one attached hydrogen (secondary N) is 1. The molecule has 0 bridgehead atoms. The average molecular weight is 332 g/mol. The van der Waals surface area contributed by atoms with Gasteiger partial charge in [-0.05, 0) is 32.4 Å². The topological polar surface area (TPSA) is 90.7 Å². The van der Waals surface area contributed by atoms with E-state index in [1.54, 1.807) is 13.8 Å². The predicted octanol–water partition coefficient (Wildman–Crippen LogP) is 2.96. The van der Waals surface area contributed by atoms with E-state index in [0.717, 1.165) is 5.75 Å². The van der Waals surface area contributed by atoms with Crippen LogP contribution in [0.4, 0.5) is 5.88 Å². The maximum atomic E-state index is 12.0. The first-order valence-corrected chi connectivity index (χ1v) is 7.73. The molecule has 0 aliphatic rings. The summed E-state index contributed by atoms with van der Waals surface area (Å²) >= 11 is 0. The standard InChI is InChI=1S/C17H20N2O5/c1-3-22-17(21)15-12(2)19-24-16(15)18-14(20)10-7-11-23-13-8-5-4-6-9-13/h4-6,8-9H,3,7,10-11H2,1-2H3,(H,18,20). The Labute approximate surface area is 139 Å². The largest absolute Gasteiger partial charge is 0.494 e. The Morgan fingerprint density at radius 1 is 1.25 bits per heavy atom. The van der Waals surface area contributed by atoms with Crippen LogP contribution in [0.25, 0.3) is 0 Å². The molecule has 7 heteroatoms. The molecule has 128 valence electrons. The highest BCUT2D eigenvalue weighted by Gasteiger charge is 2.23. The highest BCUT2D eigenvalue weighted by Crippen LogP contribution is 2.20. The lowest BCUT2D eigenvalue weighted by Crippen LogP contribution is -2.15. The van der Waals surface area contributed by atoms with Gasteiger partial charge in [-0.25, -0.2) is 4.79 Å². The number of esters is 1. The number of aromatic nitrogens is 1. The van der Waals surface area contributed by atoms with Crippen molar-refractivity contribution >= 4 is 17.8 Å². The summed E-state index contributed by atoms with van der Waals surface area (Å²) in [6, 6.07) is 9.36. The summed E-state index contributed by atoms with van der Waals surface area (Å²) in [4.78, 5) is 23.8. The summed E-state index contributed by atoms with van der Waals surface area (Å²) in [6.07, 6.45) is 0.761. The summed E-state index contributed by atoms with van der Waals surface area (Å²) in [5.41, 5.74) is 0.516. The molecule has 0 saturated heterocycles. The minimum absolute atomic E-state index is 0.0138. The van der Waals surface area contributed by atoms with Crippen LogP contribution < -0.4 is 10.1 Å². The Kier molecular flexibility index (Phi) is 6.36. The van der Waals surface area contributed by atoms with E-state index in [2.05, 4.69) is 10.5 Å². The molecule has 1 N–H and O–H groups in total. The fraction of sp³-hybridized carbons (Fsp3) is 0.353. The van der Waals surface area contributed by atoms with Gasteiger partial charge in [0.15, 0.2) is 0 Å². The lowest BCUT2D eigenvalue weighted by Gasteiger charge is -2.06. The summed E-state index contributed by atoms with van der Waals surface area (Å²) in [7, 11) is 0. The molecule has 1 aromatic heterocycles. The van der Waals surface area contributed by atoms with Crippen molar-refractivity contribution in [3.63, 3.8) is 0 Å². The third-order valence-corrected chi connectivity index (χ3v) is 3.16. The third-order valence-electron chi connectivity index (χ3n) is 3.16. The Balaban J connectivity index is 1.81. The lowest BCUT2D eigenvalue weighted by molar-refractivity contribution is -0.116. The predicted molar refractivity (Wildman–Crippen MR) is 87.0 cm³/mol. The molecule has 0 unspecified atom stereocenters.